The Labute approximate surface area is 185 Å². The molecule has 31 heavy (non-hydrogen) atoms. The van der Waals surface area contributed by atoms with Crippen molar-refractivity contribution in [2.45, 2.75) is 13.8 Å². The highest BCUT2D eigenvalue weighted by Gasteiger charge is 2.40. The zero-order chi connectivity index (χ0) is 22.1. The molecular formula is C25H18ClN3O2. The number of halogens is 1. The average Bonchev–Trinajstić information content (AvgIpc) is 3.01. The van der Waals surface area contributed by atoms with Crippen LogP contribution in [0.2, 0.25) is 5.02 Å². The Morgan fingerprint density at radius 2 is 1.55 bits per heavy atom. The summed E-state index contributed by atoms with van der Waals surface area (Å²) in [6, 6.07) is 20.9. The Kier molecular flexibility index (Phi) is 5.33. The molecule has 1 heterocycles. The summed E-state index contributed by atoms with van der Waals surface area (Å²) in [4.78, 5) is 27.9. The summed E-state index contributed by atoms with van der Waals surface area (Å²) in [7, 11) is 0. The molecule has 5 nitrogen and oxygen atoms in total. The third-order valence-electron chi connectivity index (χ3n) is 5.25. The molecule has 0 spiro atoms. The van der Waals surface area contributed by atoms with E-state index in [1.165, 1.54) is 0 Å². The van der Waals surface area contributed by atoms with E-state index in [9.17, 15) is 9.59 Å². The van der Waals surface area contributed by atoms with E-state index in [4.69, 9.17) is 16.9 Å². The minimum Gasteiger partial charge on any atom is -0.350 e. The van der Waals surface area contributed by atoms with Gasteiger partial charge in [0.15, 0.2) is 0 Å². The minimum absolute atomic E-state index is 0.194. The van der Waals surface area contributed by atoms with Gasteiger partial charge < -0.3 is 5.32 Å². The highest BCUT2D eigenvalue weighted by atomic mass is 35.5. The molecule has 4 rings (SSSR count). The van der Waals surface area contributed by atoms with Crippen LogP contribution in [0.4, 0.5) is 11.4 Å². The number of rotatable bonds is 4. The fraction of sp³-hybridized carbons (Fsp3) is 0.0800. The first kappa shape index (κ1) is 20.4. The van der Waals surface area contributed by atoms with Crippen molar-refractivity contribution in [3.8, 4) is 6.07 Å². The lowest BCUT2D eigenvalue weighted by Crippen LogP contribution is -2.32. The lowest BCUT2D eigenvalue weighted by Gasteiger charge is -2.15. The fourth-order valence-corrected chi connectivity index (χ4v) is 3.54. The molecule has 3 aromatic carbocycles. The molecule has 0 saturated carbocycles. The molecule has 1 N–H and O–H groups in total. The predicted molar refractivity (Wildman–Crippen MR) is 122 cm³/mol. The van der Waals surface area contributed by atoms with Crippen molar-refractivity contribution in [3.05, 3.63) is 99.7 Å². The van der Waals surface area contributed by atoms with Crippen LogP contribution in [-0.4, -0.2) is 11.8 Å². The molecule has 0 aromatic heterocycles. The molecule has 0 radical (unpaired) electrons. The van der Waals surface area contributed by atoms with Crippen LogP contribution in [0, 0.1) is 25.2 Å². The van der Waals surface area contributed by atoms with Gasteiger partial charge in [-0.3, -0.25) is 9.59 Å². The third-order valence-corrected chi connectivity index (χ3v) is 5.50. The molecule has 1 aliphatic rings. The lowest BCUT2D eigenvalue weighted by atomic mass is 10.0. The summed E-state index contributed by atoms with van der Waals surface area (Å²) in [5.41, 5.74) is 4.81. The van der Waals surface area contributed by atoms with Crippen molar-refractivity contribution in [2.24, 2.45) is 0 Å². The summed E-state index contributed by atoms with van der Waals surface area (Å²) in [5, 5.41) is 12.7. The van der Waals surface area contributed by atoms with Crippen LogP contribution in [0.1, 0.15) is 22.3 Å². The van der Waals surface area contributed by atoms with Crippen LogP contribution >= 0.6 is 11.6 Å². The van der Waals surface area contributed by atoms with Crippen LogP contribution in [-0.2, 0) is 9.59 Å². The smallest absolute Gasteiger partial charge is 0.282 e. The molecular weight excluding hydrogens is 410 g/mol. The van der Waals surface area contributed by atoms with Crippen molar-refractivity contribution < 1.29 is 9.59 Å². The number of nitrogens with one attached hydrogen (secondary N) is 1. The Hall–Kier alpha value is -3.88. The van der Waals surface area contributed by atoms with Gasteiger partial charge in [-0.15, -0.1) is 0 Å². The summed E-state index contributed by atoms with van der Waals surface area (Å²) < 4.78 is 0. The Morgan fingerprint density at radius 3 is 2.16 bits per heavy atom. The van der Waals surface area contributed by atoms with Crippen molar-refractivity contribution in [3.63, 3.8) is 0 Å². The quantitative estimate of drug-likeness (QED) is 0.579. The van der Waals surface area contributed by atoms with E-state index in [2.05, 4.69) is 5.32 Å². The number of nitrogens with zero attached hydrogens (tertiary/aromatic N) is 2. The largest absolute Gasteiger partial charge is 0.350 e. The number of hydrogen-bond acceptors (Lipinski definition) is 4. The summed E-state index contributed by atoms with van der Waals surface area (Å²) >= 11 is 6.01. The first-order chi connectivity index (χ1) is 14.9. The maximum absolute atomic E-state index is 13.4. The zero-order valence-electron chi connectivity index (χ0n) is 16.9. The van der Waals surface area contributed by atoms with Gasteiger partial charge in [0, 0.05) is 10.7 Å². The second-order valence-electron chi connectivity index (χ2n) is 7.29. The van der Waals surface area contributed by atoms with Gasteiger partial charge in [-0.05, 0) is 79.1 Å². The van der Waals surface area contributed by atoms with E-state index in [0.717, 1.165) is 16.0 Å². The molecule has 3 aromatic rings. The summed E-state index contributed by atoms with van der Waals surface area (Å²) in [5.74, 6) is -0.902. The maximum Gasteiger partial charge on any atom is 0.282 e. The first-order valence-electron chi connectivity index (χ1n) is 9.62. The number of hydrogen-bond donors (Lipinski definition) is 1. The van der Waals surface area contributed by atoms with E-state index in [1.54, 1.807) is 48.5 Å². The second kappa shape index (κ2) is 8.10. The van der Waals surface area contributed by atoms with Gasteiger partial charge in [0.2, 0.25) is 0 Å². The fourth-order valence-electron chi connectivity index (χ4n) is 3.41. The van der Waals surface area contributed by atoms with Crippen molar-refractivity contribution >= 4 is 40.4 Å². The maximum atomic E-state index is 13.4. The summed E-state index contributed by atoms with van der Waals surface area (Å²) in [6.45, 7) is 3.99. The predicted octanol–water partition coefficient (Wildman–Crippen LogP) is 5.23. The first-order valence-corrected chi connectivity index (χ1v) is 10.0. The number of aryl methyl sites for hydroxylation is 2. The SMILES string of the molecule is Cc1ccc(NC2=C(c3ccc(Cl)cc3)C(=O)N(c3ccc(C#N)cc3)C2=O)cc1C. The molecule has 0 fully saturated rings. The molecule has 2 amide bonds. The molecule has 0 bridgehead atoms. The molecule has 0 saturated heterocycles. The van der Waals surface area contributed by atoms with Gasteiger partial charge in [0.25, 0.3) is 11.8 Å². The van der Waals surface area contributed by atoms with E-state index in [-0.39, 0.29) is 11.3 Å². The highest BCUT2D eigenvalue weighted by molar-refractivity contribution is 6.46. The highest BCUT2D eigenvalue weighted by Crippen LogP contribution is 2.34. The third kappa shape index (κ3) is 3.81. The molecule has 0 aliphatic carbocycles. The van der Waals surface area contributed by atoms with Crippen molar-refractivity contribution in [1.29, 1.82) is 5.26 Å². The van der Waals surface area contributed by atoms with Crippen molar-refractivity contribution in [2.75, 3.05) is 10.2 Å². The number of amides is 2. The Morgan fingerprint density at radius 1 is 0.871 bits per heavy atom. The minimum atomic E-state index is -0.460. The summed E-state index contributed by atoms with van der Waals surface area (Å²) in [6.07, 6.45) is 0. The number of nitriles is 1. The molecule has 6 heteroatoms. The second-order valence-corrected chi connectivity index (χ2v) is 7.72. The van der Waals surface area contributed by atoms with E-state index in [1.807, 2.05) is 38.1 Å². The number of imide groups is 1. The molecule has 0 unspecified atom stereocenters. The number of carbonyl (C=O) groups excluding carboxylic acids is 2. The van der Waals surface area contributed by atoms with Gasteiger partial charge in [0.05, 0.1) is 22.9 Å². The van der Waals surface area contributed by atoms with Gasteiger partial charge in [-0.25, -0.2) is 4.90 Å². The number of benzene rings is 3. The van der Waals surface area contributed by atoms with Crippen LogP contribution in [0.25, 0.3) is 5.57 Å². The van der Waals surface area contributed by atoms with Crippen LogP contribution in [0.5, 0.6) is 0 Å². The monoisotopic (exact) mass is 427 g/mol. The van der Waals surface area contributed by atoms with Gasteiger partial charge >= 0.3 is 0 Å². The van der Waals surface area contributed by atoms with E-state index < -0.39 is 11.8 Å². The molecule has 1 aliphatic heterocycles. The van der Waals surface area contributed by atoms with Crippen LogP contribution in [0.3, 0.4) is 0 Å². The van der Waals surface area contributed by atoms with Crippen molar-refractivity contribution in [1.82, 2.24) is 0 Å². The van der Waals surface area contributed by atoms with Gasteiger partial charge in [-0.2, -0.15) is 5.26 Å². The zero-order valence-corrected chi connectivity index (χ0v) is 17.7. The topological polar surface area (TPSA) is 73.2 Å². The van der Waals surface area contributed by atoms with E-state index >= 15 is 0 Å². The number of anilines is 2. The van der Waals surface area contributed by atoms with Crippen LogP contribution < -0.4 is 10.2 Å². The standard InChI is InChI=1S/C25H18ClN3O2/c1-15-3-10-20(13-16(15)2)28-23-22(18-6-8-19(26)9-7-18)24(30)29(25(23)31)21-11-4-17(14-27)5-12-21/h3-13,28H,1-2H3. The molecule has 0 atom stereocenters. The average molecular weight is 428 g/mol. The van der Waals surface area contributed by atoms with Gasteiger partial charge in [-0.1, -0.05) is 29.8 Å². The molecule has 152 valence electrons. The lowest BCUT2D eigenvalue weighted by molar-refractivity contribution is -0.120. The number of carbonyl (C=O) groups is 2. The Balaban J connectivity index is 1.81. The Bertz CT molecular complexity index is 1270. The normalized spacial score (nSPS) is 13.5. The van der Waals surface area contributed by atoms with E-state index in [0.29, 0.717) is 27.5 Å². The van der Waals surface area contributed by atoms with Gasteiger partial charge in [0.1, 0.15) is 5.70 Å². The van der Waals surface area contributed by atoms with Crippen LogP contribution in [0.15, 0.2) is 72.4 Å².